The number of amides is 1. The lowest BCUT2D eigenvalue weighted by Crippen LogP contribution is -2.42. The highest BCUT2D eigenvalue weighted by atomic mass is 16.3. The Kier molecular flexibility index (Phi) is 4.22. The second kappa shape index (κ2) is 6.17. The molecule has 0 spiro atoms. The number of para-hydroxylation sites is 1. The van der Waals surface area contributed by atoms with Crippen molar-refractivity contribution < 1.29 is 9.90 Å². The minimum atomic E-state index is -0.857. The number of benzene rings is 2. The fourth-order valence-electron chi connectivity index (χ4n) is 3.26. The molecule has 3 nitrogen and oxygen atoms in total. The van der Waals surface area contributed by atoms with Crippen LogP contribution in [-0.4, -0.2) is 17.6 Å². The molecular formula is C20H23NO2. The molecule has 23 heavy (non-hydrogen) atoms. The van der Waals surface area contributed by atoms with Gasteiger partial charge in [0, 0.05) is 24.2 Å². The first-order valence-electron chi connectivity index (χ1n) is 8.15. The third-order valence-electron chi connectivity index (χ3n) is 4.61. The van der Waals surface area contributed by atoms with Gasteiger partial charge in [-0.05, 0) is 38.3 Å². The molecule has 0 fully saturated rings. The Hall–Kier alpha value is -2.13. The van der Waals surface area contributed by atoms with Crippen LogP contribution >= 0.6 is 0 Å². The van der Waals surface area contributed by atoms with E-state index in [1.54, 1.807) is 0 Å². The zero-order valence-corrected chi connectivity index (χ0v) is 13.7. The molecule has 1 aliphatic heterocycles. The Morgan fingerprint density at radius 1 is 1.22 bits per heavy atom. The molecule has 1 N–H and O–H groups in total. The Morgan fingerprint density at radius 2 is 2.00 bits per heavy atom. The predicted octanol–water partition coefficient (Wildman–Crippen LogP) is 3.57. The molecule has 0 aromatic heterocycles. The van der Waals surface area contributed by atoms with Crippen LogP contribution in [0.15, 0.2) is 48.5 Å². The van der Waals surface area contributed by atoms with Gasteiger partial charge in [-0.25, -0.2) is 0 Å². The highest BCUT2D eigenvalue weighted by molar-refractivity contribution is 5.95. The zero-order valence-electron chi connectivity index (χ0n) is 13.7. The van der Waals surface area contributed by atoms with Crippen molar-refractivity contribution in [2.45, 2.75) is 38.7 Å². The maximum absolute atomic E-state index is 12.7. The van der Waals surface area contributed by atoms with Gasteiger partial charge in [-0.15, -0.1) is 0 Å². The van der Waals surface area contributed by atoms with E-state index < -0.39 is 5.60 Å². The van der Waals surface area contributed by atoms with E-state index in [-0.39, 0.29) is 5.91 Å². The monoisotopic (exact) mass is 309 g/mol. The molecule has 3 heteroatoms. The summed E-state index contributed by atoms with van der Waals surface area (Å²) in [6, 6.07) is 16.0. The number of aryl methyl sites for hydroxylation is 2. The van der Waals surface area contributed by atoms with Crippen molar-refractivity contribution in [1.29, 1.82) is 0 Å². The van der Waals surface area contributed by atoms with Crippen molar-refractivity contribution in [3.05, 3.63) is 65.2 Å². The maximum atomic E-state index is 12.7. The third-order valence-corrected chi connectivity index (χ3v) is 4.61. The number of anilines is 1. The van der Waals surface area contributed by atoms with Crippen molar-refractivity contribution in [2.24, 2.45) is 0 Å². The first-order chi connectivity index (χ1) is 11.0. The highest BCUT2D eigenvalue weighted by Crippen LogP contribution is 2.38. The molecule has 2 aromatic carbocycles. The van der Waals surface area contributed by atoms with Crippen molar-refractivity contribution in [2.75, 3.05) is 11.4 Å². The maximum Gasteiger partial charge on any atom is 0.227 e. The molecule has 0 aliphatic carbocycles. The second-order valence-corrected chi connectivity index (χ2v) is 6.58. The molecule has 1 atom stereocenters. The summed E-state index contributed by atoms with van der Waals surface area (Å²) in [7, 11) is 0. The van der Waals surface area contributed by atoms with E-state index in [1.807, 2.05) is 42.2 Å². The van der Waals surface area contributed by atoms with Crippen LogP contribution in [0.2, 0.25) is 0 Å². The summed E-state index contributed by atoms with van der Waals surface area (Å²) in [5.41, 5.74) is 3.24. The molecule has 1 aliphatic rings. The van der Waals surface area contributed by atoms with Crippen LogP contribution in [0.25, 0.3) is 0 Å². The molecule has 1 heterocycles. The van der Waals surface area contributed by atoms with E-state index in [0.29, 0.717) is 19.4 Å². The predicted molar refractivity (Wildman–Crippen MR) is 92.5 cm³/mol. The van der Waals surface area contributed by atoms with E-state index in [9.17, 15) is 9.90 Å². The lowest BCUT2D eigenvalue weighted by molar-refractivity contribution is -0.119. The van der Waals surface area contributed by atoms with Crippen LogP contribution in [0.5, 0.6) is 0 Å². The van der Waals surface area contributed by atoms with Crippen molar-refractivity contribution in [1.82, 2.24) is 0 Å². The molecule has 120 valence electrons. The van der Waals surface area contributed by atoms with Crippen LogP contribution in [0.1, 0.15) is 36.5 Å². The average molecular weight is 309 g/mol. The van der Waals surface area contributed by atoms with Gasteiger partial charge in [0.1, 0.15) is 0 Å². The van der Waals surface area contributed by atoms with Gasteiger partial charge >= 0.3 is 0 Å². The average Bonchev–Trinajstić information content (AvgIpc) is 2.53. The van der Waals surface area contributed by atoms with Crippen molar-refractivity contribution in [3.63, 3.8) is 0 Å². The standard InChI is InChI=1S/C20H23NO2/c1-15-6-5-7-16(14-15)10-11-19(22)21-13-12-20(2,23)17-8-3-4-9-18(17)21/h3-9,14,23H,10-13H2,1-2H3. The molecule has 0 bridgehead atoms. The summed E-state index contributed by atoms with van der Waals surface area (Å²) in [6.45, 7) is 4.45. The topological polar surface area (TPSA) is 40.5 Å². The molecular weight excluding hydrogens is 286 g/mol. The number of hydrogen-bond donors (Lipinski definition) is 1. The van der Waals surface area contributed by atoms with Gasteiger partial charge in [0.15, 0.2) is 0 Å². The Bertz CT molecular complexity index is 721. The lowest BCUT2D eigenvalue weighted by atomic mass is 9.87. The van der Waals surface area contributed by atoms with Crippen LogP contribution in [0.3, 0.4) is 0 Å². The summed E-state index contributed by atoms with van der Waals surface area (Å²) in [6.07, 6.45) is 1.80. The van der Waals surface area contributed by atoms with E-state index in [4.69, 9.17) is 0 Å². The van der Waals surface area contributed by atoms with E-state index in [1.165, 1.54) is 11.1 Å². The van der Waals surface area contributed by atoms with Gasteiger partial charge in [-0.1, -0.05) is 48.0 Å². The number of carbonyl (C=O) groups is 1. The molecule has 0 radical (unpaired) electrons. The first-order valence-corrected chi connectivity index (χ1v) is 8.15. The Balaban J connectivity index is 1.75. The van der Waals surface area contributed by atoms with Crippen LogP contribution in [0.4, 0.5) is 5.69 Å². The lowest BCUT2D eigenvalue weighted by Gasteiger charge is -2.38. The fraction of sp³-hybridized carbons (Fsp3) is 0.350. The SMILES string of the molecule is Cc1cccc(CCC(=O)N2CCC(C)(O)c3ccccc32)c1. The van der Waals surface area contributed by atoms with Gasteiger partial charge in [0.25, 0.3) is 0 Å². The van der Waals surface area contributed by atoms with Gasteiger partial charge in [0.2, 0.25) is 5.91 Å². The summed E-state index contributed by atoms with van der Waals surface area (Å²) in [5, 5.41) is 10.5. The molecule has 0 saturated heterocycles. The van der Waals surface area contributed by atoms with Crippen LogP contribution < -0.4 is 4.90 Å². The summed E-state index contributed by atoms with van der Waals surface area (Å²) < 4.78 is 0. The minimum Gasteiger partial charge on any atom is -0.385 e. The number of rotatable bonds is 3. The minimum absolute atomic E-state index is 0.120. The van der Waals surface area contributed by atoms with Crippen molar-refractivity contribution >= 4 is 11.6 Å². The summed E-state index contributed by atoms with van der Waals surface area (Å²) >= 11 is 0. The summed E-state index contributed by atoms with van der Waals surface area (Å²) in [5.74, 6) is 0.120. The van der Waals surface area contributed by atoms with Crippen LogP contribution in [0, 0.1) is 6.92 Å². The second-order valence-electron chi connectivity index (χ2n) is 6.58. The van der Waals surface area contributed by atoms with Gasteiger partial charge in [0.05, 0.1) is 5.60 Å². The largest absolute Gasteiger partial charge is 0.385 e. The molecule has 1 unspecified atom stereocenters. The smallest absolute Gasteiger partial charge is 0.227 e. The third kappa shape index (κ3) is 3.30. The molecule has 3 rings (SSSR count). The number of fused-ring (bicyclic) bond motifs is 1. The Morgan fingerprint density at radius 3 is 2.78 bits per heavy atom. The number of hydrogen-bond acceptors (Lipinski definition) is 2. The number of aliphatic hydroxyl groups is 1. The van der Waals surface area contributed by atoms with Gasteiger partial charge in [-0.3, -0.25) is 4.79 Å². The van der Waals surface area contributed by atoms with Crippen LogP contribution in [-0.2, 0) is 16.8 Å². The van der Waals surface area contributed by atoms with E-state index in [0.717, 1.165) is 17.7 Å². The number of nitrogens with zero attached hydrogens (tertiary/aromatic N) is 1. The fourth-order valence-corrected chi connectivity index (χ4v) is 3.26. The summed E-state index contributed by atoms with van der Waals surface area (Å²) in [4.78, 5) is 14.5. The first kappa shape index (κ1) is 15.8. The van der Waals surface area contributed by atoms with Crippen molar-refractivity contribution in [3.8, 4) is 0 Å². The number of carbonyl (C=O) groups excluding carboxylic acids is 1. The van der Waals surface area contributed by atoms with E-state index in [2.05, 4.69) is 25.1 Å². The molecule has 0 saturated carbocycles. The Labute approximate surface area is 137 Å². The normalized spacial score (nSPS) is 20.2. The van der Waals surface area contributed by atoms with Gasteiger partial charge in [-0.2, -0.15) is 0 Å². The molecule has 1 amide bonds. The quantitative estimate of drug-likeness (QED) is 0.941. The zero-order chi connectivity index (χ0) is 16.4. The van der Waals surface area contributed by atoms with E-state index >= 15 is 0 Å². The highest BCUT2D eigenvalue weighted by Gasteiger charge is 2.34. The van der Waals surface area contributed by atoms with Gasteiger partial charge < -0.3 is 10.0 Å². The molecule has 2 aromatic rings.